The van der Waals surface area contributed by atoms with Crippen molar-refractivity contribution in [3.8, 4) is 5.75 Å². The maximum atomic E-state index is 5.46. The topological polar surface area (TPSA) is 18.5 Å². The molecule has 1 aromatic carbocycles. The van der Waals surface area contributed by atoms with E-state index < -0.39 is 0 Å². The summed E-state index contributed by atoms with van der Waals surface area (Å²) in [7, 11) is 0.384. The van der Waals surface area contributed by atoms with Gasteiger partial charge in [-0.1, -0.05) is 18.2 Å². The van der Waals surface area contributed by atoms with Gasteiger partial charge in [0, 0.05) is 6.10 Å². The largest absolute Gasteiger partial charge is 0.539 e. The Kier molecular flexibility index (Phi) is 2.88. The lowest BCUT2D eigenvalue weighted by molar-refractivity contribution is 0.110. The van der Waals surface area contributed by atoms with E-state index in [4.69, 9.17) is 9.31 Å². The Morgan fingerprint density at radius 2 is 1.92 bits per heavy atom. The van der Waals surface area contributed by atoms with Crippen LogP contribution < -0.4 is 4.65 Å². The Morgan fingerprint density at radius 3 is 2.54 bits per heavy atom. The molecule has 1 aromatic rings. The van der Waals surface area contributed by atoms with Crippen LogP contribution in [0.3, 0.4) is 0 Å². The molecule has 2 rings (SSSR count). The number of hydrogen-bond acceptors (Lipinski definition) is 2. The van der Waals surface area contributed by atoms with Crippen molar-refractivity contribution in [1.29, 1.82) is 0 Å². The zero-order valence-electron chi connectivity index (χ0n) is 7.61. The van der Waals surface area contributed by atoms with Gasteiger partial charge in [0.25, 0.3) is 0 Å². The lowest BCUT2D eigenvalue weighted by atomic mass is 9.95. The van der Waals surface area contributed by atoms with Gasteiger partial charge in [-0.3, -0.25) is 0 Å². The maximum Gasteiger partial charge on any atom is 0.507 e. The first-order valence-corrected chi connectivity index (χ1v) is 4.74. The molecule has 1 fully saturated rings. The Hall–Kier alpha value is -0.955. The molecule has 1 saturated carbocycles. The van der Waals surface area contributed by atoms with Crippen LogP contribution >= 0.6 is 0 Å². The fourth-order valence-electron chi connectivity index (χ4n) is 1.25. The van der Waals surface area contributed by atoms with Gasteiger partial charge >= 0.3 is 7.69 Å². The van der Waals surface area contributed by atoms with Crippen LogP contribution in [0, 0.1) is 0 Å². The maximum absolute atomic E-state index is 5.46. The molecule has 2 nitrogen and oxygen atoms in total. The monoisotopic (exact) mass is 176 g/mol. The minimum absolute atomic E-state index is 0.384. The van der Waals surface area contributed by atoms with Crippen molar-refractivity contribution < 1.29 is 9.31 Å². The summed E-state index contributed by atoms with van der Waals surface area (Å²) in [6.45, 7) is 0. The normalized spacial score (nSPS) is 16.3. The van der Waals surface area contributed by atoms with E-state index in [0.717, 1.165) is 5.75 Å². The van der Waals surface area contributed by atoms with Crippen LogP contribution in [0.5, 0.6) is 5.75 Å². The first-order chi connectivity index (χ1) is 6.45. The third kappa shape index (κ3) is 2.49. The molecule has 0 aliphatic heterocycles. The first-order valence-electron chi connectivity index (χ1n) is 4.74. The highest BCUT2D eigenvalue weighted by Crippen LogP contribution is 2.21. The molecule has 0 amide bonds. The Balaban J connectivity index is 1.67. The van der Waals surface area contributed by atoms with Gasteiger partial charge in [0.05, 0.1) is 0 Å². The van der Waals surface area contributed by atoms with E-state index in [1.54, 1.807) is 0 Å². The van der Waals surface area contributed by atoms with Gasteiger partial charge in [-0.2, -0.15) is 0 Å². The molecule has 0 N–H and O–H groups in total. The van der Waals surface area contributed by atoms with Gasteiger partial charge in [-0.15, -0.1) is 0 Å². The SMILES string of the molecule is B(Oc1ccccc1)OC1CCC1. The van der Waals surface area contributed by atoms with Gasteiger partial charge in [0.1, 0.15) is 5.75 Å². The van der Waals surface area contributed by atoms with Gasteiger partial charge in [-0.05, 0) is 31.4 Å². The minimum atomic E-state index is 0.384. The van der Waals surface area contributed by atoms with Crippen molar-refractivity contribution in [3.05, 3.63) is 30.3 Å². The predicted molar refractivity (Wildman–Crippen MR) is 52.9 cm³/mol. The molecule has 68 valence electrons. The average molecular weight is 176 g/mol. The molecule has 0 spiro atoms. The fraction of sp³-hybridized carbons (Fsp3) is 0.400. The molecular weight excluding hydrogens is 163 g/mol. The minimum Gasteiger partial charge on any atom is -0.539 e. The number of para-hydroxylation sites is 1. The summed E-state index contributed by atoms with van der Waals surface area (Å²) < 4.78 is 10.8. The summed E-state index contributed by atoms with van der Waals surface area (Å²) in [5.74, 6) is 0.877. The summed E-state index contributed by atoms with van der Waals surface area (Å²) >= 11 is 0. The lowest BCUT2D eigenvalue weighted by Gasteiger charge is -2.25. The van der Waals surface area contributed by atoms with Crippen molar-refractivity contribution in [3.63, 3.8) is 0 Å². The molecule has 0 aromatic heterocycles. The van der Waals surface area contributed by atoms with Gasteiger partial charge in [0.2, 0.25) is 0 Å². The molecule has 1 aliphatic carbocycles. The van der Waals surface area contributed by atoms with E-state index in [1.165, 1.54) is 19.3 Å². The van der Waals surface area contributed by atoms with Crippen LogP contribution in [0.4, 0.5) is 0 Å². The van der Waals surface area contributed by atoms with Crippen molar-refractivity contribution in [1.82, 2.24) is 0 Å². The molecule has 3 heteroatoms. The molecule has 1 aliphatic rings. The molecule has 0 heterocycles. The van der Waals surface area contributed by atoms with Crippen molar-refractivity contribution in [2.45, 2.75) is 25.4 Å². The molecule has 0 unspecified atom stereocenters. The highest BCUT2D eigenvalue weighted by molar-refractivity contribution is 6.19. The highest BCUT2D eigenvalue weighted by atomic mass is 16.6. The van der Waals surface area contributed by atoms with Gasteiger partial charge < -0.3 is 9.31 Å². The van der Waals surface area contributed by atoms with Gasteiger partial charge in [-0.25, -0.2) is 0 Å². The third-order valence-electron chi connectivity index (χ3n) is 2.32. The summed E-state index contributed by atoms with van der Waals surface area (Å²) in [4.78, 5) is 0. The molecule has 0 bridgehead atoms. The summed E-state index contributed by atoms with van der Waals surface area (Å²) in [5.41, 5.74) is 0. The van der Waals surface area contributed by atoms with Crippen molar-refractivity contribution >= 4 is 7.69 Å². The Morgan fingerprint density at radius 1 is 1.15 bits per heavy atom. The van der Waals surface area contributed by atoms with Gasteiger partial charge in [0.15, 0.2) is 0 Å². The van der Waals surface area contributed by atoms with Crippen LogP contribution in [0.15, 0.2) is 30.3 Å². The first kappa shape index (κ1) is 8.63. The lowest BCUT2D eigenvalue weighted by Crippen LogP contribution is -2.25. The van der Waals surface area contributed by atoms with Crippen molar-refractivity contribution in [2.24, 2.45) is 0 Å². The highest BCUT2D eigenvalue weighted by Gasteiger charge is 2.18. The van der Waals surface area contributed by atoms with E-state index >= 15 is 0 Å². The molecular formula is C10H13BO2. The van der Waals surface area contributed by atoms with Crippen LogP contribution in [-0.2, 0) is 4.65 Å². The number of hydrogen-bond donors (Lipinski definition) is 0. The van der Waals surface area contributed by atoms with E-state index in [1.807, 2.05) is 30.3 Å². The summed E-state index contributed by atoms with van der Waals surface area (Å²) in [6, 6.07) is 9.76. The van der Waals surface area contributed by atoms with E-state index in [-0.39, 0.29) is 0 Å². The molecule has 13 heavy (non-hydrogen) atoms. The average Bonchev–Trinajstić information content (AvgIpc) is 2.11. The zero-order chi connectivity index (χ0) is 8.93. The number of rotatable bonds is 4. The summed E-state index contributed by atoms with van der Waals surface area (Å²) in [6.07, 6.45) is 4.13. The standard InChI is InChI=1S/C10H13BO2/c1-2-5-9(6-3-1)12-11-13-10-7-4-8-10/h1-3,5-6,10-11H,4,7-8H2. The summed E-state index contributed by atoms with van der Waals surface area (Å²) in [5, 5.41) is 0. The molecule has 0 saturated heterocycles. The van der Waals surface area contributed by atoms with Crippen LogP contribution in [0.25, 0.3) is 0 Å². The predicted octanol–water partition coefficient (Wildman–Crippen LogP) is 1.90. The smallest absolute Gasteiger partial charge is 0.507 e. The second kappa shape index (κ2) is 4.33. The van der Waals surface area contributed by atoms with Crippen LogP contribution in [0.1, 0.15) is 19.3 Å². The number of benzene rings is 1. The molecule has 0 atom stereocenters. The second-order valence-corrected chi connectivity index (χ2v) is 3.29. The van der Waals surface area contributed by atoms with E-state index in [2.05, 4.69) is 0 Å². The quantitative estimate of drug-likeness (QED) is 0.652. The van der Waals surface area contributed by atoms with Crippen molar-refractivity contribution in [2.75, 3.05) is 0 Å². The second-order valence-electron chi connectivity index (χ2n) is 3.29. The Labute approximate surface area is 79.2 Å². The molecule has 0 radical (unpaired) electrons. The van der Waals surface area contributed by atoms with E-state index in [9.17, 15) is 0 Å². The van der Waals surface area contributed by atoms with Crippen LogP contribution in [-0.4, -0.2) is 13.8 Å². The Bertz CT molecular complexity index is 246. The van der Waals surface area contributed by atoms with E-state index in [0.29, 0.717) is 13.8 Å². The third-order valence-corrected chi connectivity index (χ3v) is 2.32. The van der Waals surface area contributed by atoms with Crippen LogP contribution in [0.2, 0.25) is 0 Å². The zero-order valence-corrected chi connectivity index (χ0v) is 7.61. The fourth-order valence-corrected chi connectivity index (χ4v) is 1.25.